The number of para-hydroxylation sites is 2. The van der Waals surface area contributed by atoms with E-state index in [2.05, 4.69) is 191 Å². The zero-order valence-electron chi connectivity index (χ0n) is 33.1. The molecule has 0 aliphatic heterocycles. The van der Waals surface area contributed by atoms with Crippen molar-refractivity contribution in [2.45, 2.75) is 0 Å². The summed E-state index contributed by atoms with van der Waals surface area (Å²) in [5, 5.41) is 10.4. The fraction of sp³-hybridized carbons (Fsp3) is 0. The van der Waals surface area contributed by atoms with Gasteiger partial charge in [-0.05, 0) is 71.8 Å². The minimum atomic E-state index is 0.880. The minimum Gasteiger partial charge on any atom is -0.309 e. The van der Waals surface area contributed by atoms with Gasteiger partial charge in [0.05, 0.1) is 33.1 Å². The Kier molecular flexibility index (Phi) is 7.11. The van der Waals surface area contributed by atoms with E-state index in [9.17, 15) is 0 Å². The molecule has 0 unspecified atom stereocenters. The molecule has 9 aromatic carbocycles. The molecule has 0 saturated carbocycles. The molecule has 0 fully saturated rings. The lowest BCUT2D eigenvalue weighted by Crippen LogP contribution is -1.96. The number of benzene rings is 9. The Morgan fingerprint density at radius 2 is 0.774 bits per heavy atom. The highest BCUT2D eigenvalue weighted by atomic mass is 32.1. The topological polar surface area (TPSA) is 35.6 Å². The molecule has 5 heterocycles. The normalized spacial score (nSPS) is 12.2. The number of hydrogen-bond donors (Lipinski definition) is 0. The Balaban J connectivity index is 0.917. The second-order valence-electron chi connectivity index (χ2n) is 16.1. The molecule has 288 valence electrons. The van der Waals surface area contributed by atoms with Crippen molar-refractivity contribution < 1.29 is 0 Å². The molecule has 0 N–H and O–H groups in total. The van der Waals surface area contributed by atoms with Gasteiger partial charge in [0.25, 0.3) is 0 Å². The number of aromatic nitrogens is 4. The first-order chi connectivity index (χ1) is 30.8. The maximum absolute atomic E-state index is 5.02. The third kappa shape index (κ3) is 4.76. The van der Waals surface area contributed by atoms with Crippen molar-refractivity contribution in [1.29, 1.82) is 0 Å². The molecule has 4 nitrogen and oxygen atoms in total. The van der Waals surface area contributed by atoms with Crippen molar-refractivity contribution in [2.75, 3.05) is 0 Å². The van der Waals surface area contributed by atoms with E-state index in [1.54, 1.807) is 0 Å². The third-order valence-corrected chi connectivity index (χ3v) is 15.2. The van der Waals surface area contributed by atoms with Gasteiger partial charge in [0, 0.05) is 96.8 Å². The summed E-state index contributed by atoms with van der Waals surface area (Å²) in [4.78, 5) is 10.0. The molecule has 14 rings (SSSR count). The molecular formula is C56H32N4S2. The summed E-state index contributed by atoms with van der Waals surface area (Å²) in [5.74, 6) is 0. The van der Waals surface area contributed by atoms with E-state index in [0.717, 1.165) is 44.7 Å². The molecule has 5 aromatic heterocycles. The number of fused-ring (bicyclic) bond motifs is 15. The summed E-state index contributed by atoms with van der Waals surface area (Å²) >= 11 is 3.77. The lowest BCUT2D eigenvalue weighted by molar-refractivity contribution is 1.18. The molecule has 0 saturated heterocycles. The van der Waals surface area contributed by atoms with Crippen LogP contribution >= 0.6 is 22.7 Å². The summed E-state index contributed by atoms with van der Waals surface area (Å²) in [6, 6.07) is 66.6. The summed E-state index contributed by atoms with van der Waals surface area (Å²) < 4.78 is 10.2. The van der Waals surface area contributed by atoms with Gasteiger partial charge in [-0.15, -0.1) is 22.7 Å². The number of hydrogen-bond acceptors (Lipinski definition) is 4. The largest absolute Gasteiger partial charge is 0.309 e. The molecule has 0 bridgehead atoms. The van der Waals surface area contributed by atoms with Gasteiger partial charge in [0.15, 0.2) is 0 Å². The van der Waals surface area contributed by atoms with Crippen molar-refractivity contribution >= 4 is 118 Å². The highest BCUT2D eigenvalue weighted by Crippen LogP contribution is 2.46. The van der Waals surface area contributed by atoms with Crippen LogP contribution in [0.15, 0.2) is 194 Å². The Labute approximate surface area is 362 Å². The van der Waals surface area contributed by atoms with E-state index in [1.165, 1.54) is 84.0 Å². The quantitative estimate of drug-likeness (QED) is 0.177. The first-order valence-electron chi connectivity index (χ1n) is 20.9. The predicted octanol–water partition coefficient (Wildman–Crippen LogP) is 15.9. The third-order valence-electron chi connectivity index (χ3n) is 12.8. The van der Waals surface area contributed by atoms with Crippen LogP contribution in [0.3, 0.4) is 0 Å². The molecule has 0 amide bonds. The predicted molar refractivity (Wildman–Crippen MR) is 265 cm³/mol. The van der Waals surface area contributed by atoms with E-state index in [0.29, 0.717) is 0 Å². The molecule has 0 aliphatic rings. The zero-order valence-corrected chi connectivity index (χ0v) is 34.7. The van der Waals surface area contributed by atoms with Crippen LogP contribution < -0.4 is 0 Å². The number of nitrogens with zero attached hydrogens (tertiary/aromatic N) is 4. The zero-order chi connectivity index (χ0) is 40.5. The fourth-order valence-electron chi connectivity index (χ4n) is 10.2. The summed E-state index contributed by atoms with van der Waals surface area (Å²) in [5.41, 5.74) is 13.1. The highest BCUT2D eigenvalue weighted by molar-refractivity contribution is 7.27. The minimum absolute atomic E-state index is 0.880. The smallest absolute Gasteiger partial charge is 0.0971 e. The van der Waals surface area contributed by atoms with Gasteiger partial charge in [0.1, 0.15) is 0 Å². The SMILES string of the molecule is c1cc(-c2ccc(-c3cccc(-n4c5ccccc5c5c6sc7ccccc7c6ccc54)c3)c3nccnc23)cc(-n2c3ccccc3c3c4sc5ccccc5c4ccc32)c1. The lowest BCUT2D eigenvalue weighted by atomic mass is 9.97. The van der Waals surface area contributed by atoms with Gasteiger partial charge in [-0.3, -0.25) is 9.97 Å². The van der Waals surface area contributed by atoms with Gasteiger partial charge in [-0.1, -0.05) is 121 Å². The Morgan fingerprint density at radius 1 is 0.339 bits per heavy atom. The van der Waals surface area contributed by atoms with Crippen molar-refractivity contribution in [2.24, 2.45) is 0 Å². The van der Waals surface area contributed by atoms with Crippen molar-refractivity contribution in [3.8, 4) is 33.6 Å². The Hall–Kier alpha value is -7.64. The fourth-order valence-corrected chi connectivity index (χ4v) is 12.7. The second kappa shape index (κ2) is 12.9. The molecule has 0 atom stereocenters. The van der Waals surface area contributed by atoms with Gasteiger partial charge in [-0.2, -0.15) is 0 Å². The van der Waals surface area contributed by atoms with Gasteiger partial charge >= 0.3 is 0 Å². The van der Waals surface area contributed by atoms with Crippen LogP contribution in [0.4, 0.5) is 0 Å². The van der Waals surface area contributed by atoms with E-state index in [1.807, 2.05) is 35.1 Å². The molecule has 62 heavy (non-hydrogen) atoms. The van der Waals surface area contributed by atoms with E-state index in [-0.39, 0.29) is 0 Å². The van der Waals surface area contributed by atoms with Crippen LogP contribution in [0.5, 0.6) is 0 Å². The van der Waals surface area contributed by atoms with Crippen LogP contribution in [0.25, 0.3) is 129 Å². The maximum atomic E-state index is 5.02. The highest BCUT2D eigenvalue weighted by Gasteiger charge is 2.21. The average Bonchev–Trinajstić information content (AvgIpc) is 4.09. The molecule has 6 heteroatoms. The first kappa shape index (κ1) is 34.1. The molecule has 0 spiro atoms. The second-order valence-corrected chi connectivity index (χ2v) is 18.2. The van der Waals surface area contributed by atoms with Gasteiger partial charge in [-0.25, -0.2) is 0 Å². The Morgan fingerprint density at radius 3 is 1.26 bits per heavy atom. The van der Waals surface area contributed by atoms with Gasteiger partial charge < -0.3 is 9.13 Å². The maximum Gasteiger partial charge on any atom is 0.0971 e. The first-order valence-corrected chi connectivity index (χ1v) is 22.5. The molecule has 0 radical (unpaired) electrons. The van der Waals surface area contributed by atoms with Crippen molar-refractivity contribution in [1.82, 2.24) is 19.1 Å². The number of thiophene rings is 2. The van der Waals surface area contributed by atoms with Crippen LogP contribution in [0.2, 0.25) is 0 Å². The van der Waals surface area contributed by atoms with E-state index < -0.39 is 0 Å². The molecular weight excluding hydrogens is 793 g/mol. The monoisotopic (exact) mass is 824 g/mol. The summed E-state index contributed by atoms with van der Waals surface area (Å²) in [6.07, 6.45) is 3.62. The van der Waals surface area contributed by atoms with E-state index in [4.69, 9.17) is 9.97 Å². The van der Waals surface area contributed by atoms with Gasteiger partial charge in [0.2, 0.25) is 0 Å². The van der Waals surface area contributed by atoms with Crippen LogP contribution in [-0.4, -0.2) is 19.1 Å². The van der Waals surface area contributed by atoms with Crippen molar-refractivity contribution in [3.63, 3.8) is 0 Å². The molecule has 14 aromatic rings. The number of rotatable bonds is 4. The summed E-state index contributed by atoms with van der Waals surface area (Å²) in [6.45, 7) is 0. The standard InChI is InChI=1S/C56H32N4S2/c1-5-19-45-43(17-1)51-47(27-25-41-39-15-3-7-21-49(39)61-55(41)51)59(45)35-13-9-11-33(31-35)37-23-24-38(54-53(37)57-29-30-58-54)34-12-10-14-36(32-34)60-46-20-6-2-18-44(46)52-48(60)28-26-42-40-16-4-8-22-50(40)62-56(42)52/h1-32H. The van der Waals surface area contributed by atoms with Crippen LogP contribution in [0, 0.1) is 0 Å². The Bertz CT molecular complexity index is 3910. The average molecular weight is 825 g/mol. The lowest BCUT2D eigenvalue weighted by Gasteiger charge is -2.14. The molecule has 0 aliphatic carbocycles. The van der Waals surface area contributed by atoms with E-state index >= 15 is 0 Å². The van der Waals surface area contributed by atoms with Crippen LogP contribution in [0.1, 0.15) is 0 Å². The van der Waals surface area contributed by atoms with Crippen LogP contribution in [-0.2, 0) is 0 Å². The van der Waals surface area contributed by atoms with Crippen molar-refractivity contribution in [3.05, 3.63) is 194 Å². The summed E-state index contributed by atoms with van der Waals surface area (Å²) in [7, 11) is 0.